The first kappa shape index (κ1) is 28.4. The van der Waals surface area contributed by atoms with E-state index in [-0.39, 0.29) is 11.3 Å². The standard InChI is InChI=1S/C30H42O5/c1-27(2,3)19-15-18(16-20(23(19)31)28(4,5)6)26(34)35-24-21(29(7,8)9)13-17(25(32)33)14-22(24)30(10,11)12/h13-16,31H,1-12H3,(H,32,33)/p-1. The third-order valence-electron chi connectivity index (χ3n) is 6.09. The molecular formula is C30H41O5-. The van der Waals surface area contributed by atoms with Crippen LogP contribution in [0.4, 0.5) is 0 Å². The molecule has 0 amide bonds. The van der Waals surface area contributed by atoms with Crippen molar-refractivity contribution in [1.82, 2.24) is 0 Å². The summed E-state index contributed by atoms with van der Waals surface area (Å²) in [7, 11) is 0. The molecule has 0 saturated carbocycles. The summed E-state index contributed by atoms with van der Waals surface area (Å²) < 4.78 is 6.09. The number of aromatic carboxylic acids is 1. The highest BCUT2D eigenvalue weighted by Crippen LogP contribution is 2.42. The predicted molar refractivity (Wildman–Crippen MR) is 139 cm³/mol. The molecule has 0 fully saturated rings. The van der Waals surface area contributed by atoms with Crippen LogP contribution in [0, 0.1) is 0 Å². The molecule has 5 nitrogen and oxygen atoms in total. The summed E-state index contributed by atoms with van der Waals surface area (Å²) in [6.45, 7) is 23.4. The fourth-order valence-corrected chi connectivity index (χ4v) is 3.99. The number of esters is 1. The Balaban J connectivity index is 2.81. The molecule has 5 heteroatoms. The maximum atomic E-state index is 13.6. The lowest BCUT2D eigenvalue weighted by molar-refractivity contribution is -0.271. The van der Waals surface area contributed by atoms with Crippen molar-refractivity contribution in [3.8, 4) is 11.5 Å². The van der Waals surface area contributed by atoms with Crippen LogP contribution in [0.5, 0.6) is 11.5 Å². The maximum Gasteiger partial charge on any atom is 0.343 e. The zero-order valence-electron chi connectivity index (χ0n) is 23.4. The Morgan fingerprint density at radius 2 is 0.943 bits per heavy atom. The molecule has 0 aliphatic heterocycles. The molecule has 0 aromatic heterocycles. The van der Waals surface area contributed by atoms with Gasteiger partial charge in [0.05, 0.1) is 11.1 Å². The predicted octanol–water partition coefficient (Wildman–Crippen LogP) is 6.87. The first-order chi connectivity index (χ1) is 15.5. The molecule has 0 atom stereocenters. The normalized spacial score (nSPS) is 13.0. The van der Waals surface area contributed by atoms with Crippen molar-refractivity contribution >= 4 is 11.9 Å². The van der Waals surface area contributed by atoms with Crippen LogP contribution >= 0.6 is 0 Å². The minimum Gasteiger partial charge on any atom is -0.872 e. The highest BCUT2D eigenvalue weighted by molar-refractivity contribution is 5.93. The number of carbonyl (C=O) groups excluding carboxylic acids is 1. The van der Waals surface area contributed by atoms with Gasteiger partial charge in [0, 0.05) is 11.1 Å². The molecule has 0 saturated heterocycles. The Labute approximate surface area is 210 Å². The van der Waals surface area contributed by atoms with Crippen LogP contribution in [-0.2, 0) is 21.7 Å². The summed E-state index contributed by atoms with van der Waals surface area (Å²) in [6, 6.07) is 6.45. The molecule has 192 valence electrons. The van der Waals surface area contributed by atoms with Gasteiger partial charge in [-0.1, -0.05) is 83.1 Å². The number of hydrogen-bond acceptors (Lipinski definition) is 4. The van der Waals surface area contributed by atoms with E-state index in [1.165, 1.54) is 0 Å². The third kappa shape index (κ3) is 6.25. The number of carboxylic acid groups (broad SMARTS) is 1. The fourth-order valence-electron chi connectivity index (χ4n) is 3.99. The largest absolute Gasteiger partial charge is 0.872 e. The van der Waals surface area contributed by atoms with Crippen LogP contribution in [0.3, 0.4) is 0 Å². The van der Waals surface area contributed by atoms with Gasteiger partial charge in [0.2, 0.25) is 0 Å². The lowest BCUT2D eigenvalue weighted by Crippen LogP contribution is -2.25. The summed E-state index contributed by atoms with van der Waals surface area (Å²) in [5.74, 6) is -1.28. The highest BCUT2D eigenvalue weighted by Gasteiger charge is 2.31. The molecule has 0 aliphatic carbocycles. The van der Waals surface area contributed by atoms with E-state index in [1.807, 2.05) is 83.1 Å². The van der Waals surface area contributed by atoms with Gasteiger partial charge >= 0.3 is 11.9 Å². The molecule has 2 rings (SSSR count). The summed E-state index contributed by atoms with van der Waals surface area (Å²) in [5.41, 5.74) is 0.997. The van der Waals surface area contributed by atoms with Gasteiger partial charge in [0.15, 0.2) is 0 Å². The molecule has 0 radical (unpaired) electrons. The van der Waals surface area contributed by atoms with E-state index in [0.717, 1.165) is 0 Å². The van der Waals surface area contributed by atoms with Gasteiger partial charge < -0.3 is 14.9 Å². The monoisotopic (exact) mass is 481 g/mol. The van der Waals surface area contributed by atoms with Crippen molar-refractivity contribution in [3.63, 3.8) is 0 Å². The lowest BCUT2D eigenvalue weighted by atomic mass is 9.78. The molecular weight excluding hydrogens is 440 g/mol. The second kappa shape index (κ2) is 9.00. The zero-order chi connectivity index (χ0) is 27.3. The van der Waals surface area contributed by atoms with Gasteiger partial charge in [-0.15, -0.1) is 5.75 Å². The number of benzene rings is 2. The maximum absolute atomic E-state index is 13.6. The average molecular weight is 482 g/mol. The van der Waals surface area contributed by atoms with Crippen LogP contribution in [0.2, 0.25) is 0 Å². The quantitative estimate of drug-likeness (QED) is 0.382. The van der Waals surface area contributed by atoms with Gasteiger partial charge in [0.25, 0.3) is 0 Å². The van der Waals surface area contributed by atoms with Gasteiger partial charge in [-0.3, -0.25) is 0 Å². The number of hydrogen-bond donors (Lipinski definition) is 1. The van der Waals surface area contributed by atoms with Crippen molar-refractivity contribution in [2.75, 3.05) is 0 Å². The third-order valence-corrected chi connectivity index (χ3v) is 6.09. The van der Waals surface area contributed by atoms with Crippen LogP contribution in [0.25, 0.3) is 0 Å². The van der Waals surface area contributed by atoms with Crippen molar-refractivity contribution in [2.45, 2.75) is 105 Å². The van der Waals surface area contributed by atoms with Crippen molar-refractivity contribution in [2.24, 2.45) is 0 Å². The van der Waals surface area contributed by atoms with E-state index in [1.54, 1.807) is 24.3 Å². The second-order valence-corrected chi connectivity index (χ2v) is 13.5. The average Bonchev–Trinajstić information content (AvgIpc) is 2.64. The molecule has 35 heavy (non-hydrogen) atoms. The van der Waals surface area contributed by atoms with Crippen molar-refractivity contribution in [1.29, 1.82) is 0 Å². The van der Waals surface area contributed by atoms with E-state index in [0.29, 0.717) is 33.6 Å². The summed E-state index contributed by atoms with van der Waals surface area (Å²) in [6.07, 6.45) is 0. The molecule has 0 heterocycles. The first-order valence-corrected chi connectivity index (χ1v) is 12.1. The smallest absolute Gasteiger partial charge is 0.343 e. The molecule has 0 spiro atoms. The molecule has 2 aromatic carbocycles. The topological polar surface area (TPSA) is 86.7 Å². The van der Waals surface area contributed by atoms with Gasteiger partial charge in [-0.2, -0.15) is 0 Å². The lowest BCUT2D eigenvalue weighted by Gasteiger charge is -2.34. The van der Waals surface area contributed by atoms with Gasteiger partial charge in [-0.05, 0) is 57.1 Å². The Morgan fingerprint density at radius 1 is 0.629 bits per heavy atom. The summed E-state index contributed by atoms with van der Waals surface area (Å²) >= 11 is 0. The molecule has 0 unspecified atom stereocenters. The minimum atomic E-state index is -1.03. The Kier molecular flexibility index (Phi) is 7.31. The minimum absolute atomic E-state index is 0.0573. The van der Waals surface area contributed by atoms with Crippen LogP contribution in [0.15, 0.2) is 24.3 Å². The number of rotatable bonds is 3. The molecule has 0 aliphatic rings. The van der Waals surface area contributed by atoms with Crippen LogP contribution in [-0.4, -0.2) is 17.0 Å². The van der Waals surface area contributed by atoms with E-state index in [2.05, 4.69) is 0 Å². The fraction of sp³-hybridized carbons (Fsp3) is 0.533. The van der Waals surface area contributed by atoms with Crippen LogP contribution < -0.4 is 9.84 Å². The Hall–Kier alpha value is -2.82. The van der Waals surface area contributed by atoms with Crippen molar-refractivity contribution in [3.05, 3.63) is 57.6 Å². The summed E-state index contributed by atoms with van der Waals surface area (Å²) in [5, 5.41) is 23.0. The Bertz CT molecular complexity index is 1070. The zero-order valence-corrected chi connectivity index (χ0v) is 23.4. The summed E-state index contributed by atoms with van der Waals surface area (Å²) in [4.78, 5) is 25.5. The van der Waals surface area contributed by atoms with Crippen LogP contribution in [0.1, 0.15) is 126 Å². The molecule has 2 aromatic rings. The van der Waals surface area contributed by atoms with E-state index in [9.17, 15) is 19.8 Å². The number of carbonyl (C=O) groups is 2. The van der Waals surface area contributed by atoms with E-state index < -0.39 is 33.6 Å². The first-order valence-electron chi connectivity index (χ1n) is 12.1. The highest BCUT2D eigenvalue weighted by atomic mass is 16.5. The molecule has 0 bridgehead atoms. The molecule has 1 N–H and O–H groups in total. The Morgan fingerprint density at radius 3 is 1.23 bits per heavy atom. The number of carboxylic acids is 1. The second-order valence-electron chi connectivity index (χ2n) is 13.5. The van der Waals surface area contributed by atoms with E-state index >= 15 is 0 Å². The van der Waals surface area contributed by atoms with E-state index in [4.69, 9.17) is 4.74 Å². The number of ether oxygens (including phenoxy) is 1. The van der Waals surface area contributed by atoms with Crippen molar-refractivity contribution < 1.29 is 24.5 Å². The van der Waals surface area contributed by atoms with Gasteiger partial charge in [-0.25, -0.2) is 9.59 Å². The SMILES string of the molecule is CC(C)(C)c1cc(C(=O)Oc2c(C(C)(C)C)cc(C(=O)O)cc2C(C)(C)C)cc(C(C)(C)C)c1[O-]. The van der Waals surface area contributed by atoms with Gasteiger partial charge in [0.1, 0.15) is 5.75 Å².